The molecule has 2 aromatic rings. The Morgan fingerprint density at radius 3 is 2.95 bits per heavy atom. The zero-order valence-electron chi connectivity index (χ0n) is 11.8. The lowest BCUT2D eigenvalue weighted by Gasteiger charge is -2.23. The number of ether oxygens (including phenoxy) is 1. The standard InChI is InChI=1S/C16H20N2OS/c1-13-10-17-16(20-13)11-18-9-5-6-14(18)12-19-15-7-3-2-4-8-15/h2-4,7-8,10,14H,5-6,9,11-12H2,1H3/t14-/m0/s1. The Bertz CT molecular complexity index is 540. The van der Waals surface area contributed by atoms with Crippen LogP contribution in [0, 0.1) is 6.92 Å². The molecule has 1 aliphatic heterocycles. The lowest BCUT2D eigenvalue weighted by molar-refractivity contribution is 0.167. The molecule has 0 N–H and O–H groups in total. The molecule has 106 valence electrons. The van der Waals surface area contributed by atoms with Crippen LogP contribution in [0.5, 0.6) is 5.75 Å². The number of para-hydroxylation sites is 1. The Morgan fingerprint density at radius 2 is 2.20 bits per heavy atom. The summed E-state index contributed by atoms with van der Waals surface area (Å²) in [5.41, 5.74) is 0. The first-order valence-corrected chi connectivity index (χ1v) is 7.96. The van der Waals surface area contributed by atoms with Crippen LogP contribution in [-0.2, 0) is 6.54 Å². The van der Waals surface area contributed by atoms with E-state index in [0.717, 1.165) is 25.4 Å². The first-order valence-electron chi connectivity index (χ1n) is 7.14. The fourth-order valence-electron chi connectivity index (χ4n) is 2.65. The second-order valence-electron chi connectivity index (χ2n) is 5.26. The molecule has 1 saturated heterocycles. The van der Waals surface area contributed by atoms with Crippen LogP contribution in [0.3, 0.4) is 0 Å². The third-order valence-corrected chi connectivity index (χ3v) is 4.59. The fraction of sp³-hybridized carbons (Fsp3) is 0.438. The van der Waals surface area contributed by atoms with Gasteiger partial charge in [-0.25, -0.2) is 4.98 Å². The van der Waals surface area contributed by atoms with E-state index < -0.39 is 0 Å². The molecule has 0 bridgehead atoms. The molecule has 1 aromatic carbocycles. The quantitative estimate of drug-likeness (QED) is 0.842. The number of hydrogen-bond donors (Lipinski definition) is 0. The number of rotatable bonds is 5. The van der Waals surface area contributed by atoms with E-state index in [1.807, 2.05) is 36.5 Å². The van der Waals surface area contributed by atoms with Crippen molar-refractivity contribution < 1.29 is 4.74 Å². The number of thiazole rings is 1. The van der Waals surface area contributed by atoms with Gasteiger partial charge >= 0.3 is 0 Å². The molecule has 0 radical (unpaired) electrons. The smallest absolute Gasteiger partial charge is 0.119 e. The van der Waals surface area contributed by atoms with Crippen molar-refractivity contribution >= 4 is 11.3 Å². The highest BCUT2D eigenvalue weighted by molar-refractivity contribution is 7.11. The third kappa shape index (κ3) is 3.38. The van der Waals surface area contributed by atoms with Crippen molar-refractivity contribution in [2.45, 2.75) is 32.4 Å². The summed E-state index contributed by atoms with van der Waals surface area (Å²) >= 11 is 1.80. The van der Waals surface area contributed by atoms with Crippen LogP contribution in [0.25, 0.3) is 0 Å². The van der Waals surface area contributed by atoms with Crippen LogP contribution in [0.1, 0.15) is 22.7 Å². The van der Waals surface area contributed by atoms with Crippen LogP contribution >= 0.6 is 11.3 Å². The van der Waals surface area contributed by atoms with Crippen LogP contribution < -0.4 is 4.74 Å². The summed E-state index contributed by atoms with van der Waals surface area (Å²) in [6.45, 7) is 5.00. The van der Waals surface area contributed by atoms with Gasteiger partial charge in [0, 0.05) is 17.1 Å². The third-order valence-electron chi connectivity index (χ3n) is 3.69. The van der Waals surface area contributed by atoms with Gasteiger partial charge in [0.15, 0.2) is 0 Å². The second-order valence-corrected chi connectivity index (χ2v) is 6.57. The van der Waals surface area contributed by atoms with Crippen molar-refractivity contribution in [1.82, 2.24) is 9.88 Å². The van der Waals surface area contributed by atoms with Gasteiger partial charge in [0.05, 0.1) is 6.54 Å². The van der Waals surface area contributed by atoms with Gasteiger partial charge in [-0.1, -0.05) is 18.2 Å². The summed E-state index contributed by atoms with van der Waals surface area (Å²) in [4.78, 5) is 8.26. The molecule has 1 aliphatic rings. The molecule has 0 aliphatic carbocycles. The lowest BCUT2D eigenvalue weighted by atomic mass is 10.2. The number of benzene rings is 1. The molecule has 3 nitrogen and oxygen atoms in total. The first-order chi connectivity index (χ1) is 9.81. The summed E-state index contributed by atoms with van der Waals surface area (Å²) in [5, 5.41) is 1.22. The van der Waals surface area contributed by atoms with Gasteiger partial charge in [0.1, 0.15) is 17.4 Å². The number of aromatic nitrogens is 1. The van der Waals surface area contributed by atoms with E-state index in [2.05, 4.69) is 16.8 Å². The molecule has 2 heterocycles. The highest BCUT2D eigenvalue weighted by Gasteiger charge is 2.25. The summed E-state index contributed by atoms with van der Waals surface area (Å²) in [6, 6.07) is 10.6. The number of aryl methyl sites for hydroxylation is 1. The van der Waals surface area contributed by atoms with Crippen molar-refractivity contribution in [1.29, 1.82) is 0 Å². The first kappa shape index (κ1) is 13.6. The van der Waals surface area contributed by atoms with E-state index in [1.54, 1.807) is 11.3 Å². The van der Waals surface area contributed by atoms with Gasteiger partial charge in [-0.3, -0.25) is 4.90 Å². The highest BCUT2D eigenvalue weighted by Crippen LogP contribution is 2.23. The van der Waals surface area contributed by atoms with Gasteiger partial charge in [-0.15, -0.1) is 11.3 Å². The molecule has 3 rings (SSSR count). The zero-order valence-corrected chi connectivity index (χ0v) is 12.6. The Morgan fingerprint density at radius 1 is 1.35 bits per heavy atom. The van der Waals surface area contributed by atoms with Gasteiger partial charge in [-0.2, -0.15) is 0 Å². The zero-order chi connectivity index (χ0) is 13.8. The van der Waals surface area contributed by atoms with Crippen molar-refractivity contribution in [3.05, 3.63) is 46.4 Å². The lowest BCUT2D eigenvalue weighted by Crippen LogP contribution is -2.33. The van der Waals surface area contributed by atoms with Crippen molar-refractivity contribution in [2.24, 2.45) is 0 Å². The summed E-state index contributed by atoms with van der Waals surface area (Å²) in [6.07, 6.45) is 4.44. The molecular formula is C16H20N2OS. The minimum absolute atomic E-state index is 0.513. The Labute approximate surface area is 124 Å². The topological polar surface area (TPSA) is 25.4 Å². The molecule has 1 atom stereocenters. The van der Waals surface area contributed by atoms with Gasteiger partial charge in [-0.05, 0) is 38.4 Å². The Hall–Kier alpha value is -1.39. The second kappa shape index (κ2) is 6.37. The minimum atomic E-state index is 0.513. The number of nitrogens with zero attached hydrogens (tertiary/aromatic N) is 2. The van der Waals surface area contributed by atoms with E-state index in [0.29, 0.717) is 6.04 Å². The molecular weight excluding hydrogens is 268 g/mol. The normalized spacial score (nSPS) is 19.4. The number of hydrogen-bond acceptors (Lipinski definition) is 4. The van der Waals surface area contributed by atoms with Crippen LogP contribution in [0.15, 0.2) is 36.5 Å². The van der Waals surface area contributed by atoms with E-state index >= 15 is 0 Å². The van der Waals surface area contributed by atoms with Gasteiger partial charge in [0.25, 0.3) is 0 Å². The average Bonchev–Trinajstić information content (AvgIpc) is 3.07. The van der Waals surface area contributed by atoms with Gasteiger partial charge < -0.3 is 4.74 Å². The van der Waals surface area contributed by atoms with E-state index in [9.17, 15) is 0 Å². The minimum Gasteiger partial charge on any atom is -0.492 e. The average molecular weight is 288 g/mol. The maximum Gasteiger partial charge on any atom is 0.119 e. The Kier molecular flexibility index (Phi) is 4.33. The largest absolute Gasteiger partial charge is 0.492 e. The highest BCUT2D eigenvalue weighted by atomic mass is 32.1. The maximum absolute atomic E-state index is 5.90. The molecule has 0 unspecified atom stereocenters. The van der Waals surface area contributed by atoms with E-state index in [1.165, 1.54) is 22.7 Å². The van der Waals surface area contributed by atoms with Crippen LogP contribution in [0.4, 0.5) is 0 Å². The van der Waals surface area contributed by atoms with Crippen LogP contribution in [0.2, 0.25) is 0 Å². The van der Waals surface area contributed by atoms with Crippen molar-refractivity contribution in [3.8, 4) is 5.75 Å². The summed E-state index contributed by atoms with van der Waals surface area (Å²) in [7, 11) is 0. The molecule has 0 saturated carbocycles. The molecule has 4 heteroatoms. The molecule has 0 amide bonds. The monoisotopic (exact) mass is 288 g/mol. The predicted molar refractivity (Wildman–Crippen MR) is 82.2 cm³/mol. The molecule has 0 spiro atoms. The Balaban J connectivity index is 1.55. The predicted octanol–water partition coefficient (Wildman–Crippen LogP) is 3.49. The molecule has 1 fully saturated rings. The van der Waals surface area contributed by atoms with E-state index in [-0.39, 0.29) is 0 Å². The summed E-state index contributed by atoms with van der Waals surface area (Å²) < 4.78 is 5.90. The van der Waals surface area contributed by atoms with Crippen molar-refractivity contribution in [2.75, 3.05) is 13.2 Å². The van der Waals surface area contributed by atoms with Crippen LogP contribution in [-0.4, -0.2) is 29.1 Å². The molecule has 1 aromatic heterocycles. The maximum atomic E-state index is 5.90. The molecule has 20 heavy (non-hydrogen) atoms. The van der Waals surface area contributed by atoms with Gasteiger partial charge in [0.2, 0.25) is 0 Å². The summed E-state index contributed by atoms with van der Waals surface area (Å²) in [5.74, 6) is 0.962. The fourth-order valence-corrected chi connectivity index (χ4v) is 3.46. The van der Waals surface area contributed by atoms with Crippen molar-refractivity contribution in [3.63, 3.8) is 0 Å². The van der Waals surface area contributed by atoms with E-state index in [4.69, 9.17) is 4.74 Å². The SMILES string of the molecule is Cc1cnc(CN2CCC[C@H]2COc2ccccc2)s1. The number of likely N-dealkylation sites (tertiary alicyclic amines) is 1.